The first kappa shape index (κ1) is 15.4. The van der Waals surface area contributed by atoms with Crippen LogP contribution in [0.15, 0.2) is 24.3 Å². The van der Waals surface area contributed by atoms with Gasteiger partial charge in [-0.1, -0.05) is 19.1 Å². The van der Waals surface area contributed by atoms with Gasteiger partial charge < -0.3 is 9.64 Å². The van der Waals surface area contributed by atoms with E-state index in [-0.39, 0.29) is 0 Å². The SMILES string of the molecule is CCc1ccc(OCCCCCC[NH+]2CCCC2)cc1. The van der Waals surface area contributed by atoms with Crippen molar-refractivity contribution in [2.24, 2.45) is 0 Å². The summed E-state index contributed by atoms with van der Waals surface area (Å²) in [5.74, 6) is 1.02. The fraction of sp³-hybridized carbons (Fsp3) is 0.667. The molecule has 2 rings (SSSR count). The second-order valence-electron chi connectivity index (χ2n) is 5.97. The Labute approximate surface area is 124 Å². The van der Waals surface area contributed by atoms with Crippen LogP contribution in [0.5, 0.6) is 5.75 Å². The predicted octanol–water partition coefficient (Wildman–Crippen LogP) is 2.87. The first-order chi connectivity index (χ1) is 9.88. The Morgan fingerprint density at radius 1 is 0.950 bits per heavy atom. The van der Waals surface area contributed by atoms with Gasteiger partial charge in [0.15, 0.2) is 0 Å². The van der Waals surface area contributed by atoms with Gasteiger partial charge in [0.25, 0.3) is 0 Å². The fourth-order valence-corrected chi connectivity index (χ4v) is 2.97. The molecule has 0 aliphatic carbocycles. The summed E-state index contributed by atoms with van der Waals surface area (Å²) in [4.78, 5) is 1.83. The number of hydrogen-bond acceptors (Lipinski definition) is 1. The number of aryl methyl sites for hydroxylation is 1. The van der Waals surface area contributed by atoms with E-state index in [0.717, 1.165) is 18.8 Å². The normalized spacial score (nSPS) is 15.7. The van der Waals surface area contributed by atoms with Crippen molar-refractivity contribution in [2.45, 2.75) is 51.9 Å². The highest BCUT2D eigenvalue weighted by Crippen LogP contribution is 2.13. The van der Waals surface area contributed by atoms with Crippen molar-refractivity contribution in [1.82, 2.24) is 0 Å². The summed E-state index contributed by atoms with van der Waals surface area (Å²) in [6.07, 6.45) is 9.23. The molecule has 2 nitrogen and oxygen atoms in total. The molecule has 20 heavy (non-hydrogen) atoms. The number of benzene rings is 1. The topological polar surface area (TPSA) is 13.7 Å². The molecule has 2 heteroatoms. The van der Waals surface area contributed by atoms with Crippen LogP contribution in [-0.4, -0.2) is 26.2 Å². The molecule has 1 aromatic rings. The first-order valence-corrected chi connectivity index (χ1v) is 8.44. The Morgan fingerprint density at radius 3 is 2.35 bits per heavy atom. The lowest BCUT2D eigenvalue weighted by molar-refractivity contribution is -0.887. The maximum Gasteiger partial charge on any atom is 0.119 e. The molecule has 0 unspecified atom stereocenters. The van der Waals surface area contributed by atoms with Gasteiger partial charge in [-0.05, 0) is 49.8 Å². The second kappa shape index (κ2) is 9.02. The summed E-state index contributed by atoms with van der Waals surface area (Å²) in [6, 6.07) is 8.51. The Kier molecular flexibility index (Phi) is 6.93. The summed E-state index contributed by atoms with van der Waals surface area (Å²) in [5, 5.41) is 0. The number of rotatable bonds is 9. The number of quaternary nitrogens is 1. The van der Waals surface area contributed by atoms with Crippen molar-refractivity contribution >= 4 is 0 Å². The molecule has 1 fully saturated rings. The molecule has 0 spiro atoms. The third-order valence-corrected chi connectivity index (χ3v) is 4.34. The predicted molar refractivity (Wildman–Crippen MR) is 84.6 cm³/mol. The molecule has 0 amide bonds. The average Bonchev–Trinajstić information content (AvgIpc) is 3.00. The van der Waals surface area contributed by atoms with Gasteiger partial charge in [0, 0.05) is 12.8 Å². The van der Waals surface area contributed by atoms with Gasteiger partial charge in [-0.3, -0.25) is 0 Å². The van der Waals surface area contributed by atoms with Gasteiger partial charge in [0.05, 0.1) is 26.2 Å². The minimum atomic E-state index is 0.863. The number of nitrogens with one attached hydrogen (secondary N) is 1. The zero-order chi connectivity index (χ0) is 14.0. The third kappa shape index (κ3) is 5.54. The highest BCUT2D eigenvalue weighted by atomic mass is 16.5. The lowest BCUT2D eigenvalue weighted by Gasteiger charge is -2.11. The van der Waals surface area contributed by atoms with Crippen molar-refractivity contribution in [3.05, 3.63) is 29.8 Å². The Hall–Kier alpha value is -1.02. The molecule has 0 radical (unpaired) electrons. The van der Waals surface area contributed by atoms with E-state index in [1.165, 1.54) is 63.7 Å². The fourth-order valence-electron chi connectivity index (χ4n) is 2.97. The molecule has 0 saturated carbocycles. The summed E-state index contributed by atoms with van der Waals surface area (Å²) >= 11 is 0. The zero-order valence-corrected chi connectivity index (χ0v) is 13.0. The van der Waals surface area contributed by atoms with Crippen molar-refractivity contribution < 1.29 is 9.64 Å². The summed E-state index contributed by atoms with van der Waals surface area (Å²) in [5.41, 5.74) is 1.38. The summed E-state index contributed by atoms with van der Waals surface area (Å²) in [7, 11) is 0. The lowest BCUT2D eigenvalue weighted by Crippen LogP contribution is -3.09. The average molecular weight is 276 g/mol. The number of unbranched alkanes of at least 4 members (excludes halogenated alkanes) is 3. The maximum absolute atomic E-state index is 5.78. The van der Waals surface area contributed by atoms with Crippen LogP contribution in [0.1, 0.15) is 51.0 Å². The van der Waals surface area contributed by atoms with Crippen LogP contribution in [0.25, 0.3) is 0 Å². The molecule has 1 heterocycles. The minimum absolute atomic E-state index is 0.863. The standard InChI is InChI=1S/C18H29NO/c1-2-17-9-11-18(12-10-17)20-16-8-4-3-5-13-19-14-6-7-15-19/h9-12H,2-8,13-16H2,1H3/p+1. The molecule has 1 saturated heterocycles. The van der Waals surface area contributed by atoms with Gasteiger partial charge in [-0.25, -0.2) is 0 Å². The third-order valence-electron chi connectivity index (χ3n) is 4.34. The van der Waals surface area contributed by atoms with Crippen LogP contribution < -0.4 is 9.64 Å². The van der Waals surface area contributed by atoms with E-state index in [1.54, 1.807) is 0 Å². The Morgan fingerprint density at radius 2 is 1.65 bits per heavy atom. The molecular weight excluding hydrogens is 246 g/mol. The van der Waals surface area contributed by atoms with Crippen molar-refractivity contribution in [3.63, 3.8) is 0 Å². The van der Waals surface area contributed by atoms with E-state index in [1.807, 2.05) is 4.90 Å². The van der Waals surface area contributed by atoms with Crippen LogP contribution in [0.4, 0.5) is 0 Å². The van der Waals surface area contributed by atoms with Crippen LogP contribution >= 0.6 is 0 Å². The molecule has 0 bridgehead atoms. The molecule has 112 valence electrons. The van der Waals surface area contributed by atoms with Crippen LogP contribution in [0.3, 0.4) is 0 Å². The quantitative estimate of drug-likeness (QED) is 0.685. The van der Waals surface area contributed by atoms with Crippen molar-refractivity contribution in [3.8, 4) is 5.75 Å². The van der Waals surface area contributed by atoms with E-state index in [2.05, 4.69) is 31.2 Å². The molecule has 1 aliphatic rings. The van der Waals surface area contributed by atoms with E-state index < -0.39 is 0 Å². The molecular formula is C18H30NO+. The van der Waals surface area contributed by atoms with Crippen LogP contribution in [0, 0.1) is 0 Å². The van der Waals surface area contributed by atoms with Crippen LogP contribution in [0.2, 0.25) is 0 Å². The molecule has 0 atom stereocenters. The van der Waals surface area contributed by atoms with Gasteiger partial charge in [0.2, 0.25) is 0 Å². The van der Waals surface area contributed by atoms with Crippen molar-refractivity contribution in [2.75, 3.05) is 26.2 Å². The zero-order valence-electron chi connectivity index (χ0n) is 13.0. The monoisotopic (exact) mass is 276 g/mol. The number of ether oxygens (including phenoxy) is 1. The second-order valence-corrected chi connectivity index (χ2v) is 5.97. The van der Waals surface area contributed by atoms with Gasteiger partial charge in [-0.15, -0.1) is 0 Å². The maximum atomic E-state index is 5.78. The number of likely N-dealkylation sites (tertiary alicyclic amines) is 1. The largest absolute Gasteiger partial charge is 0.494 e. The highest BCUT2D eigenvalue weighted by molar-refractivity contribution is 5.27. The summed E-state index contributed by atoms with van der Waals surface area (Å²) in [6.45, 7) is 7.26. The van der Waals surface area contributed by atoms with E-state index in [4.69, 9.17) is 4.74 Å². The van der Waals surface area contributed by atoms with Gasteiger partial charge in [0.1, 0.15) is 5.75 Å². The highest BCUT2D eigenvalue weighted by Gasteiger charge is 2.13. The smallest absolute Gasteiger partial charge is 0.119 e. The molecule has 1 aliphatic heterocycles. The Balaban J connectivity index is 1.46. The lowest BCUT2D eigenvalue weighted by atomic mass is 10.2. The Bertz CT molecular complexity index is 354. The van der Waals surface area contributed by atoms with Gasteiger partial charge >= 0.3 is 0 Å². The van der Waals surface area contributed by atoms with Gasteiger partial charge in [-0.2, -0.15) is 0 Å². The molecule has 0 aromatic heterocycles. The molecule has 1 aromatic carbocycles. The summed E-state index contributed by atoms with van der Waals surface area (Å²) < 4.78 is 5.78. The first-order valence-electron chi connectivity index (χ1n) is 8.44. The molecule has 1 N–H and O–H groups in total. The minimum Gasteiger partial charge on any atom is -0.494 e. The van der Waals surface area contributed by atoms with E-state index in [0.29, 0.717) is 0 Å². The van der Waals surface area contributed by atoms with E-state index >= 15 is 0 Å². The van der Waals surface area contributed by atoms with E-state index in [9.17, 15) is 0 Å². The van der Waals surface area contributed by atoms with Crippen LogP contribution in [-0.2, 0) is 6.42 Å². The number of hydrogen-bond donors (Lipinski definition) is 1. The van der Waals surface area contributed by atoms with Crippen molar-refractivity contribution in [1.29, 1.82) is 0 Å².